The normalized spacial score (nSPS) is 10.5. The van der Waals surface area contributed by atoms with Crippen LogP contribution in [0.15, 0.2) is 24.3 Å². The van der Waals surface area contributed by atoms with Crippen LogP contribution in [0.1, 0.15) is 17.0 Å². The van der Waals surface area contributed by atoms with Gasteiger partial charge in [0.15, 0.2) is 0 Å². The van der Waals surface area contributed by atoms with E-state index in [1.165, 1.54) is 12.1 Å². The third-order valence-electron chi connectivity index (χ3n) is 3.40. The molecule has 2 rings (SSSR count). The maximum absolute atomic E-state index is 13.0. The van der Waals surface area contributed by atoms with E-state index in [1.54, 1.807) is 12.1 Å². The molecule has 0 aliphatic carbocycles. The van der Waals surface area contributed by atoms with Crippen LogP contribution in [-0.2, 0) is 13.5 Å². The molecule has 0 radical (unpaired) electrons. The minimum absolute atomic E-state index is 0.347. The van der Waals surface area contributed by atoms with Gasteiger partial charge in [-0.05, 0) is 44.0 Å². The van der Waals surface area contributed by atoms with Gasteiger partial charge in [-0.1, -0.05) is 6.07 Å². The highest BCUT2D eigenvalue weighted by molar-refractivity contribution is 5.89. The first kappa shape index (κ1) is 15.0. The number of urea groups is 1. The molecule has 0 saturated heterocycles. The number of amides is 2. The number of rotatable bonds is 4. The summed E-state index contributed by atoms with van der Waals surface area (Å²) in [7, 11) is 1.90. The van der Waals surface area contributed by atoms with Crippen molar-refractivity contribution in [3.63, 3.8) is 0 Å². The largest absolute Gasteiger partial charge is 0.338 e. The first-order valence-electron chi connectivity index (χ1n) is 6.77. The van der Waals surface area contributed by atoms with Gasteiger partial charge in [0, 0.05) is 25.0 Å². The molecule has 0 bridgehead atoms. The minimum atomic E-state index is -0.380. The number of nitrogens with zero attached hydrogens (tertiary/aromatic N) is 2. The van der Waals surface area contributed by atoms with Gasteiger partial charge in [0.1, 0.15) is 5.82 Å². The molecule has 2 aromatic rings. The first-order valence-corrected chi connectivity index (χ1v) is 6.77. The summed E-state index contributed by atoms with van der Waals surface area (Å²) in [6, 6.07) is 5.44. The van der Waals surface area contributed by atoms with Crippen molar-refractivity contribution < 1.29 is 9.18 Å². The maximum atomic E-state index is 13.0. The van der Waals surface area contributed by atoms with Crippen molar-refractivity contribution in [2.45, 2.75) is 20.3 Å². The second kappa shape index (κ2) is 6.39. The summed E-state index contributed by atoms with van der Waals surface area (Å²) in [4.78, 5) is 11.7. The van der Waals surface area contributed by atoms with Gasteiger partial charge in [-0.25, -0.2) is 9.18 Å². The van der Waals surface area contributed by atoms with Crippen LogP contribution in [-0.4, -0.2) is 22.4 Å². The summed E-state index contributed by atoms with van der Waals surface area (Å²) in [5.41, 5.74) is 3.65. The van der Waals surface area contributed by atoms with Crippen molar-refractivity contribution >= 4 is 11.7 Å². The Labute approximate surface area is 123 Å². The van der Waals surface area contributed by atoms with Crippen LogP contribution in [0.3, 0.4) is 0 Å². The molecule has 0 atom stereocenters. The van der Waals surface area contributed by atoms with Crippen molar-refractivity contribution in [2.24, 2.45) is 7.05 Å². The van der Waals surface area contributed by atoms with Crippen LogP contribution in [0.2, 0.25) is 0 Å². The second-order valence-corrected chi connectivity index (χ2v) is 4.91. The lowest BCUT2D eigenvalue weighted by Gasteiger charge is -2.08. The quantitative estimate of drug-likeness (QED) is 0.909. The zero-order valence-electron chi connectivity index (χ0n) is 12.4. The van der Waals surface area contributed by atoms with E-state index < -0.39 is 0 Å². The molecule has 21 heavy (non-hydrogen) atoms. The molecule has 2 amide bonds. The van der Waals surface area contributed by atoms with Crippen molar-refractivity contribution in [1.29, 1.82) is 0 Å². The zero-order chi connectivity index (χ0) is 15.4. The van der Waals surface area contributed by atoms with E-state index in [9.17, 15) is 9.18 Å². The lowest BCUT2D eigenvalue weighted by atomic mass is 10.1. The number of carbonyl (C=O) groups is 1. The van der Waals surface area contributed by atoms with E-state index in [4.69, 9.17) is 0 Å². The Morgan fingerprint density at radius 2 is 2.14 bits per heavy atom. The molecular weight excluding hydrogens is 271 g/mol. The number of carbonyl (C=O) groups excluding carboxylic acids is 1. The first-order chi connectivity index (χ1) is 9.97. The summed E-state index contributed by atoms with van der Waals surface area (Å²) in [5, 5.41) is 9.68. The summed E-state index contributed by atoms with van der Waals surface area (Å²) >= 11 is 0. The molecule has 112 valence electrons. The van der Waals surface area contributed by atoms with Gasteiger partial charge in [-0.3, -0.25) is 4.68 Å². The Balaban J connectivity index is 1.84. The summed E-state index contributed by atoms with van der Waals surface area (Å²) in [6.07, 6.45) is 0.710. The highest BCUT2D eigenvalue weighted by Gasteiger charge is 2.09. The van der Waals surface area contributed by atoms with Crippen LogP contribution in [0.25, 0.3) is 0 Å². The summed E-state index contributed by atoms with van der Waals surface area (Å²) in [5.74, 6) is -0.380. The number of anilines is 1. The van der Waals surface area contributed by atoms with Gasteiger partial charge in [0.25, 0.3) is 0 Å². The predicted molar refractivity (Wildman–Crippen MR) is 79.8 cm³/mol. The third kappa shape index (κ3) is 3.81. The number of nitrogens with one attached hydrogen (secondary N) is 2. The minimum Gasteiger partial charge on any atom is -0.338 e. The summed E-state index contributed by atoms with van der Waals surface area (Å²) in [6.45, 7) is 4.45. The van der Waals surface area contributed by atoms with Crippen molar-refractivity contribution in [3.8, 4) is 0 Å². The van der Waals surface area contributed by atoms with Gasteiger partial charge in [0.2, 0.25) is 0 Å². The Hall–Kier alpha value is -2.37. The molecular formula is C15H19FN4O. The number of hydrogen-bond donors (Lipinski definition) is 2. The molecule has 0 spiro atoms. The van der Waals surface area contributed by atoms with E-state index in [0.29, 0.717) is 18.7 Å². The topological polar surface area (TPSA) is 59.0 Å². The molecule has 0 aliphatic heterocycles. The molecule has 1 heterocycles. The Morgan fingerprint density at radius 1 is 1.38 bits per heavy atom. The average Bonchev–Trinajstić information content (AvgIpc) is 2.65. The standard InChI is InChI=1S/C15H19FN4O/c1-10-14(11(2)20(3)19-10)7-8-17-15(21)18-13-6-4-5-12(16)9-13/h4-6,9H,7-8H2,1-3H3,(H2,17,18,21). The van der Waals surface area contributed by atoms with E-state index in [0.717, 1.165) is 17.0 Å². The fraction of sp³-hybridized carbons (Fsp3) is 0.333. The van der Waals surface area contributed by atoms with Crippen LogP contribution in [0, 0.1) is 19.7 Å². The number of aromatic nitrogens is 2. The van der Waals surface area contributed by atoms with E-state index in [2.05, 4.69) is 15.7 Å². The number of halogens is 1. The van der Waals surface area contributed by atoms with E-state index >= 15 is 0 Å². The Morgan fingerprint density at radius 3 is 2.76 bits per heavy atom. The highest BCUT2D eigenvalue weighted by Crippen LogP contribution is 2.12. The van der Waals surface area contributed by atoms with Crippen LogP contribution < -0.4 is 10.6 Å². The molecule has 2 N–H and O–H groups in total. The molecule has 6 heteroatoms. The molecule has 0 unspecified atom stereocenters. The van der Waals surface area contributed by atoms with Gasteiger partial charge in [-0.15, -0.1) is 0 Å². The van der Waals surface area contributed by atoms with Crippen molar-refractivity contribution in [2.75, 3.05) is 11.9 Å². The van der Waals surface area contributed by atoms with E-state index in [1.807, 2.05) is 25.6 Å². The lowest BCUT2D eigenvalue weighted by molar-refractivity contribution is 0.252. The molecule has 1 aromatic carbocycles. The highest BCUT2D eigenvalue weighted by atomic mass is 19.1. The monoisotopic (exact) mass is 290 g/mol. The fourth-order valence-electron chi connectivity index (χ4n) is 2.22. The maximum Gasteiger partial charge on any atom is 0.319 e. The lowest BCUT2D eigenvalue weighted by Crippen LogP contribution is -2.30. The zero-order valence-corrected chi connectivity index (χ0v) is 12.4. The number of aryl methyl sites for hydroxylation is 2. The third-order valence-corrected chi connectivity index (χ3v) is 3.40. The van der Waals surface area contributed by atoms with Gasteiger partial charge < -0.3 is 10.6 Å². The average molecular weight is 290 g/mol. The molecule has 5 nitrogen and oxygen atoms in total. The fourth-order valence-corrected chi connectivity index (χ4v) is 2.22. The van der Waals surface area contributed by atoms with Gasteiger partial charge >= 0.3 is 6.03 Å². The van der Waals surface area contributed by atoms with Gasteiger partial charge in [0.05, 0.1) is 5.69 Å². The van der Waals surface area contributed by atoms with E-state index in [-0.39, 0.29) is 11.8 Å². The Kier molecular flexibility index (Phi) is 4.57. The molecule has 0 fully saturated rings. The molecule has 0 aliphatic rings. The summed E-state index contributed by atoms with van der Waals surface area (Å²) < 4.78 is 14.8. The smallest absolute Gasteiger partial charge is 0.319 e. The number of hydrogen-bond acceptors (Lipinski definition) is 2. The molecule has 1 aromatic heterocycles. The number of benzene rings is 1. The predicted octanol–water partition coefficient (Wildman–Crippen LogP) is 2.54. The van der Waals surface area contributed by atoms with Crippen molar-refractivity contribution in [1.82, 2.24) is 15.1 Å². The van der Waals surface area contributed by atoms with Crippen LogP contribution >= 0.6 is 0 Å². The van der Waals surface area contributed by atoms with Gasteiger partial charge in [-0.2, -0.15) is 5.10 Å². The SMILES string of the molecule is Cc1nn(C)c(C)c1CCNC(=O)Nc1cccc(F)c1. The second-order valence-electron chi connectivity index (χ2n) is 4.91. The Bertz CT molecular complexity index is 651. The van der Waals surface area contributed by atoms with Crippen LogP contribution in [0.4, 0.5) is 14.9 Å². The van der Waals surface area contributed by atoms with Crippen LogP contribution in [0.5, 0.6) is 0 Å². The molecule has 0 saturated carbocycles. The van der Waals surface area contributed by atoms with Crippen molar-refractivity contribution in [3.05, 3.63) is 47.0 Å².